The first-order valence-electron chi connectivity index (χ1n) is 10.2. The number of nitrogens with zero attached hydrogens (tertiary/aromatic N) is 4. The third-order valence-electron chi connectivity index (χ3n) is 5.04. The smallest absolute Gasteiger partial charge is 0.321 e. The molecule has 0 spiro atoms. The summed E-state index contributed by atoms with van der Waals surface area (Å²) in [6.45, 7) is 1.89. The number of hydrogen-bond acceptors (Lipinski definition) is 6. The number of rotatable bonds is 6. The Hall–Kier alpha value is -4.67. The van der Waals surface area contributed by atoms with E-state index in [0.29, 0.717) is 35.9 Å². The van der Waals surface area contributed by atoms with E-state index in [1.807, 2.05) is 13.0 Å². The molecule has 8 nitrogen and oxygen atoms in total. The number of carbonyl (C=O) groups is 2. The number of alkyl halides is 3. The van der Waals surface area contributed by atoms with Gasteiger partial charge in [-0.3, -0.25) is 14.6 Å². The van der Waals surface area contributed by atoms with Gasteiger partial charge in [-0.25, -0.2) is 4.98 Å². The van der Waals surface area contributed by atoms with Crippen LogP contribution in [0.4, 0.5) is 24.7 Å². The minimum Gasteiger partial charge on any atom is -0.321 e. The lowest BCUT2D eigenvalue weighted by Crippen LogP contribution is -2.16. The fourth-order valence-electron chi connectivity index (χ4n) is 3.32. The Morgan fingerprint density at radius 1 is 0.971 bits per heavy atom. The number of aryl methyl sites for hydroxylation is 1. The van der Waals surface area contributed by atoms with Gasteiger partial charge in [0.2, 0.25) is 6.41 Å². The van der Waals surface area contributed by atoms with Crippen molar-refractivity contribution in [3.8, 4) is 22.4 Å². The van der Waals surface area contributed by atoms with Gasteiger partial charge in [0.05, 0.1) is 17.5 Å². The molecule has 0 unspecified atom stereocenters. The van der Waals surface area contributed by atoms with Gasteiger partial charge in [0, 0.05) is 23.6 Å². The van der Waals surface area contributed by atoms with Gasteiger partial charge in [-0.2, -0.15) is 18.3 Å². The maximum atomic E-state index is 12.9. The molecule has 2 amide bonds. The van der Waals surface area contributed by atoms with Crippen molar-refractivity contribution < 1.29 is 22.8 Å². The molecule has 3 aromatic heterocycles. The summed E-state index contributed by atoms with van der Waals surface area (Å²) < 4.78 is 38.8. The van der Waals surface area contributed by atoms with Crippen LogP contribution in [0.25, 0.3) is 22.4 Å². The van der Waals surface area contributed by atoms with Crippen LogP contribution in [0.1, 0.15) is 21.6 Å². The molecule has 1 aromatic carbocycles. The molecule has 2 N–H and O–H groups in total. The molecular formula is C24H17F3N6O2. The minimum atomic E-state index is -4.64. The molecule has 11 heteroatoms. The van der Waals surface area contributed by atoms with Gasteiger partial charge >= 0.3 is 6.18 Å². The summed E-state index contributed by atoms with van der Waals surface area (Å²) >= 11 is 0. The Labute approximate surface area is 197 Å². The molecule has 0 atom stereocenters. The molecule has 3 heterocycles. The number of benzene rings is 1. The Morgan fingerprint density at radius 3 is 2.51 bits per heavy atom. The summed E-state index contributed by atoms with van der Waals surface area (Å²) in [6, 6.07) is 12.8. The van der Waals surface area contributed by atoms with Crippen molar-refractivity contribution in [3.63, 3.8) is 0 Å². The lowest BCUT2D eigenvalue weighted by atomic mass is 9.99. The van der Waals surface area contributed by atoms with Gasteiger partial charge in [-0.1, -0.05) is 6.07 Å². The number of carbonyl (C=O) groups excluding carboxylic acids is 2. The highest BCUT2D eigenvalue weighted by atomic mass is 19.4. The average Bonchev–Trinajstić information content (AvgIpc) is 2.85. The highest BCUT2D eigenvalue weighted by molar-refractivity contribution is 6.03. The lowest BCUT2D eigenvalue weighted by Gasteiger charge is -2.12. The maximum absolute atomic E-state index is 12.9. The summed E-state index contributed by atoms with van der Waals surface area (Å²) in [4.78, 5) is 31.7. The van der Waals surface area contributed by atoms with E-state index in [9.17, 15) is 22.8 Å². The van der Waals surface area contributed by atoms with Crippen LogP contribution in [0.3, 0.4) is 0 Å². The number of halogens is 3. The summed E-state index contributed by atoms with van der Waals surface area (Å²) in [5.74, 6) is -0.441. The van der Waals surface area contributed by atoms with Crippen LogP contribution < -0.4 is 10.6 Å². The van der Waals surface area contributed by atoms with Crippen molar-refractivity contribution in [3.05, 3.63) is 83.9 Å². The van der Waals surface area contributed by atoms with E-state index in [0.717, 1.165) is 22.3 Å². The predicted molar refractivity (Wildman–Crippen MR) is 122 cm³/mol. The van der Waals surface area contributed by atoms with Crippen LogP contribution in [0.15, 0.2) is 67.1 Å². The summed E-state index contributed by atoms with van der Waals surface area (Å²) in [6.07, 6.45) is -0.374. The third-order valence-corrected chi connectivity index (χ3v) is 5.04. The van der Waals surface area contributed by atoms with Crippen LogP contribution in [-0.4, -0.2) is 32.5 Å². The first kappa shape index (κ1) is 23.5. The fourth-order valence-corrected chi connectivity index (χ4v) is 3.32. The van der Waals surface area contributed by atoms with Gasteiger partial charge in [-0.05, 0) is 66.1 Å². The highest BCUT2D eigenvalue weighted by Crippen LogP contribution is 2.31. The number of amides is 2. The summed E-state index contributed by atoms with van der Waals surface area (Å²) in [5.41, 5.74) is 2.70. The normalized spacial score (nSPS) is 11.1. The van der Waals surface area contributed by atoms with Gasteiger partial charge in [0.15, 0.2) is 5.69 Å². The van der Waals surface area contributed by atoms with Crippen molar-refractivity contribution in [2.75, 3.05) is 10.6 Å². The molecule has 4 aromatic rings. The predicted octanol–water partition coefficient (Wildman–Crippen LogP) is 4.75. The molecule has 0 saturated carbocycles. The Kier molecular flexibility index (Phi) is 6.49. The second-order valence-electron chi connectivity index (χ2n) is 7.43. The maximum Gasteiger partial charge on any atom is 0.418 e. The van der Waals surface area contributed by atoms with Crippen molar-refractivity contribution in [2.24, 2.45) is 0 Å². The molecule has 0 aliphatic heterocycles. The third kappa shape index (κ3) is 5.46. The fraction of sp³-hybridized carbons (Fsp3) is 0.0833. The topological polar surface area (TPSA) is 110 Å². The zero-order chi connectivity index (χ0) is 25.0. The SMILES string of the molecule is Cc1ccc(NC(=O)c2cc(C(F)(F)F)cnn2)cc1-c1ccnc(-c2ccnc(NC=O)c2)c1. The average molecular weight is 478 g/mol. The lowest BCUT2D eigenvalue weighted by molar-refractivity contribution is -0.138. The largest absolute Gasteiger partial charge is 0.418 e. The quantitative estimate of drug-likeness (QED) is 0.387. The molecule has 0 aliphatic carbocycles. The van der Waals surface area contributed by atoms with E-state index in [1.165, 1.54) is 0 Å². The second-order valence-corrected chi connectivity index (χ2v) is 7.43. The Morgan fingerprint density at radius 2 is 1.74 bits per heavy atom. The Balaban J connectivity index is 1.62. The van der Waals surface area contributed by atoms with Crippen LogP contribution in [0.2, 0.25) is 0 Å². The van der Waals surface area contributed by atoms with Crippen molar-refractivity contribution in [2.45, 2.75) is 13.1 Å². The van der Waals surface area contributed by atoms with Gasteiger partial charge < -0.3 is 10.6 Å². The molecule has 0 aliphatic rings. The molecule has 35 heavy (non-hydrogen) atoms. The zero-order valence-electron chi connectivity index (χ0n) is 18.2. The van der Waals surface area contributed by atoms with Crippen LogP contribution in [0.5, 0.6) is 0 Å². The summed E-state index contributed by atoms with van der Waals surface area (Å²) in [7, 11) is 0. The van der Waals surface area contributed by atoms with Crippen molar-refractivity contribution in [1.29, 1.82) is 0 Å². The molecule has 0 saturated heterocycles. The molecule has 0 radical (unpaired) electrons. The number of nitrogens with one attached hydrogen (secondary N) is 2. The van der Waals surface area contributed by atoms with E-state index in [1.54, 1.807) is 48.8 Å². The van der Waals surface area contributed by atoms with E-state index >= 15 is 0 Å². The van der Waals surface area contributed by atoms with E-state index in [-0.39, 0.29) is 0 Å². The standard InChI is InChI=1S/C24H17F3N6O2/c1-14-2-3-18(32-23(35)21-10-17(12-31-33-21)24(25,26)27)11-19(14)15-4-6-28-20(8-15)16-5-7-29-22(9-16)30-13-34/h2-13H,1H3,(H,32,35)(H,29,30,34). The van der Waals surface area contributed by atoms with E-state index in [4.69, 9.17) is 0 Å². The minimum absolute atomic E-state index is 0.370. The number of anilines is 2. The second kappa shape index (κ2) is 9.67. The van der Waals surface area contributed by atoms with E-state index in [2.05, 4.69) is 30.8 Å². The van der Waals surface area contributed by atoms with Crippen molar-refractivity contribution in [1.82, 2.24) is 20.2 Å². The van der Waals surface area contributed by atoms with Crippen LogP contribution in [0, 0.1) is 6.92 Å². The van der Waals surface area contributed by atoms with Gasteiger partial charge in [-0.15, -0.1) is 5.10 Å². The van der Waals surface area contributed by atoms with Gasteiger partial charge in [0.1, 0.15) is 5.82 Å². The van der Waals surface area contributed by atoms with E-state index < -0.39 is 23.3 Å². The first-order valence-corrected chi connectivity index (χ1v) is 10.2. The van der Waals surface area contributed by atoms with Crippen molar-refractivity contribution >= 4 is 23.8 Å². The van der Waals surface area contributed by atoms with Crippen LogP contribution >= 0.6 is 0 Å². The summed E-state index contributed by atoms with van der Waals surface area (Å²) in [5, 5.41) is 11.9. The van der Waals surface area contributed by atoms with Gasteiger partial charge in [0.25, 0.3) is 5.91 Å². The highest BCUT2D eigenvalue weighted by Gasteiger charge is 2.32. The number of hydrogen-bond donors (Lipinski definition) is 2. The zero-order valence-corrected chi connectivity index (χ0v) is 18.2. The molecular weight excluding hydrogens is 461 g/mol. The molecule has 176 valence electrons. The first-order chi connectivity index (χ1) is 16.7. The molecule has 0 bridgehead atoms. The number of pyridine rings is 2. The monoisotopic (exact) mass is 478 g/mol. The number of aromatic nitrogens is 4. The van der Waals surface area contributed by atoms with Crippen LogP contribution in [-0.2, 0) is 11.0 Å². The molecule has 0 fully saturated rings. The Bertz CT molecular complexity index is 1410. The molecule has 4 rings (SSSR count).